The molecule has 0 amide bonds. The molecule has 0 aliphatic carbocycles. The molecule has 0 spiro atoms. The van der Waals surface area contributed by atoms with Crippen LogP contribution in [0.1, 0.15) is 441 Å². The molecule has 0 rings (SSSR count). The molecule has 6 unspecified atom stereocenters. The largest absolute Gasteiger partial charge is 0.465 e. The number of aliphatic hydroxyl groups excluding tert-OH is 2. The fourth-order valence-electron chi connectivity index (χ4n) is 15.1. The Hall–Kier alpha value is -2.28. The lowest BCUT2D eigenvalue weighted by molar-refractivity contribution is -0.151. The maximum absolute atomic E-state index is 13.3. The highest BCUT2D eigenvalue weighted by molar-refractivity contribution is 5.70. The summed E-state index contributed by atoms with van der Waals surface area (Å²) in [5.41, 5.74) is 0. The fourth-order valence-corrected chi connectivity index (χ4v) is 15.1. The molecular weight excluding hydrogens is 1240 g/mol. The van der Waals surface area contributed by atoms with Crippen molar-refractivity contribution in [1.29, 1.82) is 0 Å². The summed E-state index contributed by atoms with van der Waals surface area (Å²) in [7, 11) is 0. The SMILES string of the molecule is CCCCCCCCCCC(CCCCCCCC)COC(=O)CCCN(CCO)CCCC(=O)OCC(CCCCCCCCCC)CCCCCC(CC)C(CC)CCC(CCCC)OC(=O)CCCCCCCN(CCO)CCCCCCCC(=O)OC(CCCC)CCCCC. The molecule has 0 aromatic rings. The zero-order valence-corrected chi connectivity index (χ0v) is 68.0. The second-order valence-electron chi connectivity index (χ2n) is 31.1. The Morgan fingerprint density at radius 1 is 0.260 bits per heavy atom. The summed E-state index contributed by atoms with van der Waals surface area (Å²) < 4.78 is 24.1. The van der Waals surface area contributed by atoms with Crippen LogP contribution in [0.15, 0.2) is 0 Å². The van der Waals surface area contributed by atoms with Crippen LogP contribution in [0.2, 0.25) is 0 Å². The molecule has 0 saturated heterocycles. The van der Waals surface area contributed by atoms with Gasteiger partial charge in [-0.05, 0) is 153 Å². The van der Waals surface area contributed by atoms with Crippen molar-refractivity contribution < 1.29 is 48.3 Å². The molecular formula is C88H172N2O10. The minimum Gasteiger partial charge on any atom is -0.465 e. The zero-order valence-electron chi connectivity index (χ0n) is 68.0. The van der Waals surface area contributed by atoms with E-state index in [1.165, 1.54) is 180 Å². The lowest BCUT2D eigenvalue weighted by Crippen LogP contribution is -2.30. The number of hydrogen-bond donors (Lipinski definition) is 2. The summed E-state index contributed by atoms with van der Waals surface area (Å²) in [5, 5.41) is 19.7. The second kappa shape index (κ2) is 76.4. The molecule has 0 aromatic heterocycles. The van der Waals surface area contributed by atoms with Crippen LogP contribution in [-0.4, -0.2) is 122 Å². The molecule has 0 saturated carbocycles. The number of carbonyl (C=O) groups is 4. The molecule has 12 nitrogen and oxygen atoms in total. The van der Waals surface area contributed by atoms with Crippen LogP contribution < -0.4 is 0 Å². The number of carbonyl (C=O) groups excluding carboxylic acids is 4. The van der Waals surface area contributed by atoms with E-state index in [1.54, 1.807) is 0 Å². The molecule has 2 N–H and O–H groups in total. The lowest BCUT2D eigenvalue weighted by atomic mass is 9.80. The summed E-state index contributed by atoms with van der Waals surface area (Å²) in [6.45, 7) is 24.1. The summed E-state index contributed by atoms with van der Waals surface area (Å²) in [4.78, 5) is 56.7. The van der Waals surface area contributed by atoms with Crippen molar-refractivity contribution in [3.63, 3.8) is 0 Å². The summed E-state index contributed by atoms with van der Waals surface area (Å²) in [6, 6.07) is 0. The van der Waals surface area contributed by atoms with Crippen LogP contribution in [0.25, 0.3) is 0 Å². The van der Waals surface area contributed by atoms with Gasteiger partial charge in [-0.25, -0.2) is 0 Å². The highest BCUT2D eigenvalue weighted by atomic mass is 16.6. The summed E-state index contributed by atoms with van der Waals surface area (Å²) >= 11 is 0. The van der Waals surface area contributed by atoms with Crippen LogP contribution in [0, 0.1) is 23.7 Å². The predicted octanol–water partition coefficient (Wildman–Crippen LogP) is 24.5. The number of aliphatic hydroxyl groups is 2. The Bertz CT molecular complexity index is 1740. The highest BCUT2D eigenvalue weighted by Crippen LogP contribution is 2.32. The van der Waals surface area contributed by atoms with E-state index in [0.29, 0.717) is 95.0 Å². The number of unbranched alkanes of at least 4 members (excludes halogenated alkanes) is 33. The molecule has 0 aliphatic rings. The molecule has 0 aromatic carbocycles. The molecule has 0 aliphatic heterocycles. The minimum atomic E-state index is -0.119. The monoisotopic (exact) mass is 1420 g/mol. The van der Waals surface area contributed by atoms with Crippen molar-refractivity contribution in [1.82, 2.24) is 9.80 Å². The van der Waals surface area contributed by atoms with Gasteiger partial charge in [0.1, 0.15) is 12.2 Å². The van der Waals surface area contributed by atoms with E-state index in [1.807, 2.05) is 0 Å². The van der Waals surface area contributed by atoms with Gasteiger partial charge in [0.05, 0.1) is 26.4 Å². The first kappa shape index (κ1) is 97.7. The topological polar surface area (TPSA) is 152 Å². The average molecular weight is 1420 g/mol. The first-order valence-corrected chi connectivity index (χ1v) is 44.3. The van der Waals surface area contributed by atoms with Gasteiger partial charge in [-0.2, -0.15) is 0 Å². The molecule has 0 heterocycles. The van der Waals surface area contributed by atoms with Gasteiger partial charge in [0.2, 0.25) is 0 Å². The third-order valence-corrected chi connectivity index (χ3v) is 21.9. The van der Waals surface area contributed by atoms with E-state index in [4.69, 9.17) is 18.9 Å². The molecule has 100 heavy (non-hydrogen) atoms. The van der Waals surface area contributed by atoms with Gasteiger partial charge in [0, 0.05) is 38.8 Å². The van der Waals surface area contributed by atoms with E-state index in [9.17, 15) is 29.4 Å². The number of hydrogen-bond acceptors (Lipinski definition) is 12. The van der Waals surface area contributed by atoms with Crippen LogP contribution in [0.5, 0.6) is 0 Å². The number of rotatable bonds is 81. The lowest BCUT2D eigenvalue weighted by Gasteiger charge is -2.27. The Labute approximate surface area is 621 Å². The van der Waals surface area contributed by atoms with Crippen molar-refractivity contribution in [3.05, 3.63) is 0 Å². The van der Waals surface area contributed by atoms with Gasteiger partial charge in [-0.15, -0.1) is 0 Å². The van der Waals surface area contributed by atoms with Crippen LogP contribution >= 0.6 is 0 Å². The Kier molecular flexibility index (Phi) is 74.6. The Morgan fingerprint density at radius 3 is 0.900 bits per heavy atom. The van der Waals surface area contributed by atoms with E-state index < -0.39 is 0 Å². The maximum atomic E-state index is 13.3. The van der Waals surface area contributed by atoms with Gasteiger partial charge in [0.25, 0.3) is 0 Å². The van der Waals surface area contributed by atoms with Crippen molar-refractivity contribution >= 4 is 23.9 Å². The highest BCUT2D eigenvalue weighted by Gasteiger charge is 2.23. The van der Waals surface area contributed by atoms with Crippen molar-refractivity contribution in [3.8, 4) is 0 Å². The van der Waals surface area contributed by atoms with Crippen molar-refractivity contribution in [2.45, 2.75) is 453 Å². The molecule has 12 heteroatoms. The van der Waals surface area contributed by atoms with Crippen LogP contribution in [0.4, 0.5) is 0 Å². The molecule has 0 bridgehead atoms. The third kappa shape index (κ3) is 64.1. The number of ether oxygens (including phenoxy) is 4. The number of esters is 4. The molecule has 0 radical (unpaired) electrons. The summed E-state index contributed by atoms with van der Waals surface area (Å²) in [6.07, 6.45) is 67.2. The average Bonchev–Trinajstić information content (AvgIpc) is 1.02. The molecule has 594 valence electrons. The first-order chi connectivity index (χ1) is 49.0. The zero-order chi connectivity index (χ0) is 73.3. The van der Waals surface area contributed by atoms with E-state index in [-0.39, 0.29) is 49.3 Å². The van der Waals surface area contributed by atoms with Crippen LogP contribution in [-0.2, 0) is 38.1 Å². The Morgan fingerprint density at radius 2 is 0.530 bits per heavy atom. The van der Waals surface area contributed by atoms with Crippen LogP contribution in [0.3, 0.4) is 0 Å². The second-order valence-corrected chi connectivity index (χ2v) is 31.1. The van der Waals surface area contributed by atoms with Gasteiger partial charge >= 0.3 is 23.9 Å². The quantitative estimate of drug-likeness (QED) is 0.0339. The van der Waals surface area contributed by atoms with Gasteiger partial charge in [0.15, 0.2) is 0 Å². The predicted molar refractivity (Wildman–Crippen MR) is 425 cm³/mol. The van der Waals surface area contributed by atoms with Gasteiger partial charge in [-0.3, -0.25) is 19.2 Å². The van der Waals surface area contributed by atoms with E-state index in [0.717, 1.165) is 187 Å². The number of nitrogens with zero attached hydrogens (tertiary/aromatic N) is 2. The fraction of sp³-hybridized carbons (Fsp3) is 0.955. The summed E-state index contributed by atoms with van der Waals surface area (Å²) in [5.74, 6) is 1.88. The smallest absolute Gasteiger partial charge is 0.306 e. The Balaban J connectivity index is 4.98. The minimum absolute atomic E-state index is 0.00660. The molecule has 0 fully saturated rings. The maximum Gasteiger partial charge on any atom is 0.306 e. The van der Waals surface area contributed by atoms with E-state index in [2.05, 4.69) is 65.2 Å². The molecule has 6 atom stereocenters. The van der Waals surface area contributed by atoms with E-state index >= 15 is 0 Å². The normalized spacial score (nSPS) is 13.6. The van der Waals surface area contributed by atoms with Crippen molar-refractivity contribution in [2.24, 2.45) is 23.7 Å². The first-order valence-electron chi connectivity index (χ1n) is 44.3. The van der Waals surface area contributed by atoms with Gasteiger partial charge in [-0.1, -0.05) is 312 Å². The van der Waals surface area contributed by atoms with Gasteiger partial charge < -0.3 is 39.0 Å². The third-order valence-electron chi connectivity index (χ3n) is 21.9. The standard InChI is InChI=1S/C88H172N2O10/c1-9-17-23-26-29-31-36-45-56-79(55-44-35-28-25-19-11-3)77-97-85(93)65-53-71-90(74-76-92)72-54-66-86(94)98-78-80(57-46-37-32-30-27-24-18-10-2)58-47-42-48-59-81(15-7)82(16-8)67-68-84(61-22-14-6)100-88(96)64-50-39-34-41-52-70-89(73-75-91)69-51-40-33-38-49-63-87(95)99-83(60-21-13-5)62-43-20-12-4/h79-84,91-92H,9-78H2,1-8H3. The van der Waals surface area contributed by atoms with Crippen molar-refractivity contribution in [2.75, 3.05) is 65.7 Å².